The van der Waals surface area contributed by atoms with Crippen LogP contribution in [0.1, 0.15) is 31.7 Å². The molecule has 2 heterocycles. The van der Waals surface area contributed by atoms with Crippen LogP contribution in [0.2, 0.25) is 0 Å². The van der Waals surface area contributed by atoms with E-state index in [4.69, 9.17) is 10.7 Å². The van der Waals surface area contributed by atoms with Gasteiger partial charge in [-0.25, -0.2) is 4.99 Å². The van der Waals surface area contributed by atoms with Gasteiger partial charge in [0.25, 0.3) is 0 Å². The van der Waals surface area contributed by atoms with Crippen LogP contribution in [-0.4, -0.2) is 61.0 Å². The third-order valence-electron chi connectivity index (χ3n) is 5.37. The monoisotopic (exact) mass is 403 g/mol. The number of primary amides is 1. The molecule has 1 aromatic rings. The first-order valence-electron chi connectivity index (χ1n) is 10.4. The second-order valence-electron chi connectivity index (χ2n) is 7.56. The Bertz CT molecular complexity index is 657. The van der Waals surface area contributed by atoms with Gasteiger partial charge in [-0.3, -0.25) is 4.79 Å². The third-order valence-corrected chi connectivity index (χ3v) is 6.31. The predicted octanol–water partition coefficient (Wildman–Crippen LogP) is 2.29. The fourth-order valence-corrected chi connectivity index (χ4v) is 4.84. The molecule has 0 bridgehead atoms. The molecule has 0 aliphatic carbocycles. The standard InChI is InChI=1S/C21H33N5OS/c1-2-23-21(26-9-3-4-18(16-26)14-20(22)27)24-15-17-5-7-19(8-6-17)25-10-12-28-13-11-25/h5-8,18H,2-4,9-16H2,1H3,(H2,22,27)(H,23,24). The van der Waals surface area contributed by atoms with Gasteiger partial charge in [0, 0.05) is 56.3 Å². The quantitative estimate of drug-likeness (QED) is 0.563. The van der Waals surface area contributed by atoms with Gasteiger partial charge in [0.05, 0.1) is 6.54 Å². The van der Waals surface area contributed by atoms with Crippen LogP contribution in [0, 0.1) is 5.92 Å². The number of nitrogens with zero attached hydrogens (tertiary/aromatic N) is 3. The lowest BCUT2D eigenvalue weighted by atomic mass is 9.95. The van der Waals surface area contributed by atoms with Crippen molar-refractivity contribution < 1.29 is 4.79 Å². The van der Waals surface area contributed by atoms with Gasteiger partial charge in [-0.1, -0.05) is 12.1 Å². The molecule has 28 heavy (non-hydrogen) atoms. The lowest BCUT2D eigenvalue weighted by Gasteiger charge is -2.34. The highest BCUT2D eigenvalue weighted by Gasteiger charge is 2.23. The van der Waals surface area contributed by atoms with Crippen molar-refractivity contribution in [1.29, 1.82) is 0 Å². The summed E-state index contributed by atoms with van der Waals surface area (Å²) in [6, 6.07) is 8.82. The Morgan fingerprint density at radius 2 is 2.00 bits per heavy atom. The van der Waals surface area contributed by atoms with Crippen molar-refractivity contribution in [2.24, 2.45) is 16.6 Å². The first-order valence-corrected chi connectivity index (χ1v) is 11.5. The van der Waals surface area contributed by atoms with Gasteiger partial charge < -0.3 is 20.9 Å². The molecule has 0 spiro atoms. The Morgan fingerprint density at radius 1 is 1.25 bits per heavy atom. The van der Waals surface area contributed by atoms with Gasteiger partial charge in [0.15, 0.2) is 5.96 Å². The summed E-state index contributed by atoms with van der Waals surface area (Å²) in [4.78, 5) is 20.9. The van der Waals surface area contributed by atoms with Crippen LogP contribution in [0.3, 0.4) is 0 Å². The summed E-state index contributed by atoms with van der Waals surface area (Å²) in [5.41, 5.74) is 7.93. The SMILES string of the molecule is CCNC(=NCc1ccc(N2CCSCC2)cc1)N1CCCC(CC(N)=O)C1. The maximum absolute atomic E-state index is 11.3. The van der Waals surface area contributed by atoms with E-state index in [-0.39, 0.29) is 5.91 Å². The summed E-state index contributed by atoms with van der Waals surface area (Å²) in [5.74, 6) is 3.49. The molecule has 154 valence electrons. The zero-order valence-corrected chi connectivity index (χ0v) is 17.7. The van der Waals surface area contributed by atoms with E-state index in [1.165, 1.54) is 22.8 Å². The number of aliphatic imine (C=N–C) groups is 1. The smallest absolute Gasteiger partial charge is 0.217 e. The second kappa shape index (κ2) is 10.6. The number of anilines is 1. The number of guanidine groups is 1. The summed E-state index contributed by atoms with van der Waals surface area (Å²) < 4.78 is 0. The minimum absolute atomic E-state index is 0.207. The van der Waals surface area contributed by atoms with Crippen LogP contribution in [0.15, 0.2) is 29.3 Å². The lowest BCUT2D eigenvalue weighted by Crippen LogP contribution is -2.47. The fraction of sp³-hybridized carbons (Fsp3) is 0.619. The minimum atomic E-state index is -0.207. The maximum Gasteiger partial charge on any atom is 0.217 e. The van der Waals surface area contributed by atoms with Gasteiger partial charge in [-0.15, -0.1) is 0 Å². The summed E-state index contributed by atoms with van der Waals surface area (Å²) in [7, 11) is 0. The number of piperidine rings is 1. The van der Waals surface area contributed by atoms with E-state index in [0.717, 1.165) is 51.5 Å². The van der Waals surface area contributed by atoms with Crippen LogP contribution in [0.4, 0.5) is 5.69 Å². The lowest BCUT2D eigenvalue weighted by molar-refractivity contribution is -0.119. The molecule has 1 amide bonds. The number of benzene rings is 1. The van der Waals surface area contributed by atoms with Crippen LogP contribution in [0.5, 0.6) is 0 Å². The molecule has 2 saturated heterocycles. The Hall–Kier alpha value is -1.89. The number of nitrogens with two attached hydrogens (primary N) is 1. The van der Waals surface area contributed by atoms with E-state index in [1.807, 2.05) is 11.8 Å². The topological polar surface area (TPSA) is 74.0 Å². The molecular weight excluding hydrogens is 370 g/mol. The van der Waals surface area contributed by atoms with E-state index in [2.05, 4.69) is 46.3 Å². The molecular formula is C21H33N5OS. The van der Waals surface area contributed by atoms with E-state index in [9.17, 15) is 4.79 Å². The summed E-state index contributed by atoms with van der Waals surface area (Å²) >= 11 is 2.03. The van der Waals surface area contributed by atoms with Gasteiger partial charge in [-0.05, 0) is 43.4 Å². The van der Waals surface area contributed by atoms with Crippen molar-refractivity contribution in [1.82, 2.24) is 10.2 Å². The zero-order valence-electron chi connectivity index (χ0n) is 16.9. The first-order chi connectivity index (χ1) is 13.7. The first kappa shape index (κ1) is 20.8. The molecule has 7 heteroatoms. The number of likely N-dealkylation sites (tertiary alicyclic amines) is 1. The van der Waals surface area contributed by atoms with Crippen molar-refractivity contribution in [2.75, 3.05) is 49.1 Å². The van der Waals surface area contributed by atoms with E-state index >= 15 is 0 Å². The Morgan fingerprint density at radius 3 is 2.68 bits per heavy atom. The summed E-state index contributed by atoms with van der Waals surface area (Å²) in [6.45, 7) is 7.68. The van der Waals surface area contributed by atoms with Crippen LogP contribution in [0.25, 0.3) is 0 Å². The van der Waals surface area contributed by atoms with Crippen molar-refractivity contribution >= 4 is 29.3 Å². The second-order valence-corrected chi connectivity index (χ2v) is 8.79. The van der Waals surface area contributed by atoms with Gasteiger partial charge in [0.2, 0.25) is 5.91 Å². The van der Waals surface area contributed by atoms with E-state index in [0.29, 0.717) is 18.9 Å². The number of thioether (sulfide) groups is 1. The van der Waals surface area contributed by atoms with Crippen molar-refractivity contribution in [2.45, 2.75) is 32.7 Å². The van der Waals surface area contributed by atoms with Crippen molar-refractivity contribution in [3.63, 3.8) is 0 Å². The van der Waals surface area contributed by atoms with E-state index < -0.39 is 0 Å². The van der Waals surface area contributed by atoms with Gasteiger partial charge >= 0.3 is 0 Å². The number of rotatable bonds is 6. The van der Waals surface area contributed by atoms with Crippen LogP contribution < -0.4 is 16.0 Å². The fourth-order valence-electron chi connectivity index (χ4n) is 3.93. The van der Waals surface area contributed by atoms with Gasteiger partial charge in [0.1, 0.15) is 0 Å². The average molecular weight is 404 g/mol. The molecule has 0 radical (unpaired) electrons. The molecule has 0 saturated carbocycles. The van der Waals surface area contributed by atoms with Crippen LogP contribution in [-0.2, 0) is 11.3 Å². The number of hydrogen-bond donors (Lipinski definition) is 2. The highest BCUT2D eigenvalue weighted by atomic mass is 32.2. The Balaban J connectivity index is 1.61. The molecule has 6 nitrogen and oxygen atoms in total. The Labute approximate surface area is 172 Å². The normalized spacial score (nSPS) is 20.9. The van der Waals surface area contributed by atoms with Crippen molar-refractivity contribution in [3.8, 4) is 0 Å². The highest BCUT2D eigenvalue weighted by molar-refractivity contribution is 7.99. The molecule has 0 aromatic heterocycles. The number of nitrogens with one attached hydrogen (secondary N) is 1. The number of carbonyl (C=O) groups excluding carboxylic acids is 1. The molecule has 3 rings (SSSR count). The summed E-state index contributed by atoms with van der Waals surface area (Å²) in [6.07, 6.45) is 2.60. The molecule has 1 atom stereocenters. The molecule has 2 aliphatic heterocycles. The largest absolute Gasteiger partial charge is 0.370 e. The van der Waals surface area contributed by atoms with Crippen LogP contribution >= 0.6 is 11.8 Å². The Kier molecular flexibility index (Phi) is 7.89. The number of carbonyl (C=O) groups is 1. The number of amides is 1. The highest BCUT2D eigenvalue weighted by Crippen LogP contribution is 2.21. The molecule has 1 unspecified atom stereocenters. The molecule has 2 fully saturated rings. The average Bonchev–Trinajstić information content (AvgIpc) is 2.72. The third kappa shape index (κ3) is 6.06. The molecule has 1 aromatic carbocycles. The molecule has 2 aliphatic rings. The number of hydrogen-bond acceptors (Lipinski definition) is 4. The minimum Gasteiger partial charge on any atom is -0.370 e. The predicted molar refractivity (Wildman–Crippen MR) is 119 cm³/mol. The zero-order chi connectivity index (χ0) is 19.8. The molecule has 3 N–H and O–H groups in total. The van der Waals surface area contributed by atoms with E-state index in [1.54, 1.807) is 0 Å². The van der Waals surface area contributed by atoms with Crippen molar-refractivity contribution in [3.05, 3.63) is 29.8 Å². The summed E-state index contributed by atoms with van der Waals surface area (Å²) in [5, 5.41) is 3.41. The maximum atomic E-state index is 11.3. The van der Waals surface area contributed by atoms with Gasteiger partial charge in [-0.2, -0.15) is 11.8 Å².